The molecule has 2 aliphatic heterocycles. The SMILES string of the molecule is COC(=O)[C@H]1O[C@@H](Oc2ccc(-c3c(C)c4cc(O)ccc4n3Cc3ccc(OCCN4CCCCC4)cc3)cc2)[C@@](O)(C(C)=O)[C@](O)(C(C)=O)[C@@H]1OC(C)=O. The molecule has 2 aliphatic rings. The maximum atomic E-state index is 13.1. The van der Waals surface area contributed by atoms with E-state index in [2.05, 4.69) is 9.47 Å². The summed E-state index contributed by atoms with van der Waals surface area (Å²) in [5.41, 5.74) is -1.92. The van der Waals surface area contributed by atoms with E-state index in [9.17, 15) is 34.5 Å². The van der Waals surface area contributed by atoms with Crippen molar-refractivity contribution in [3.05, 3.63) is 77.9 Å². The monoisotopic (exact) mass is 772 g/mol. The van der Waals surface area contributed by atoms with Gasteiger partial charge in [0.05, 0.1) is 12.8 Å². The van der Waals surface area contributed by atoms with Crippen LogP contribution in [0.5, 0.6) is 17.2 Å². The van der Waals surface area contributed by atoms with Gasteiger partial charge in [-0.3, -0.25) is 19.3 Å². The lowest BCUT2D eigenvalue weighted by molar-refractivity contribution is -0.327. The average Bonchev–Trinajstić information content (AvgIpc) is 3.44. The first-order chi connectivity index (χ1) is 26.7. The number of nitrogens with zero attached hydrogens (tertiary/aromatic N) is 2. The number of ether oxygens (including phenoxy) is 5. The number of phenolic OH excluding ortho intramolecular Hbond substituents is 1. The molecule has 14 heteroatoms. The van der Waals surface area contributed by atoms with Crippen molar-refractivity contribution in [2.45, 2.75) is 83.2 Å². The van der Waals surface area contributed by atoms with E-state index in [1.165, 1.54) is 31.4 Å². The van der Waals surface area contributed by atoms with Gasteiger partial charge >= 0.3 is 11.9 Å². The Morgan fingerprint density at radius 1 is 0.857 bits per heavy atom. The molecule has 0 radical (unpaired) electrons. The van der Waals surface area contributed by atoms with Gasteiger partial charge in [0.15, 0.2) is 23.8 Å². The third-order valence-corrected chi connectivity index (χ3v) is 10.7. The van der Waals surface area contributed by atoms with Gasteiger partial charge in [0.25, 0.3) is 0 Å². The molecule has 0 aliphatic carbocycles. The lowest BCUT2D eigenvalue weighted by Gasteiger charge is -2.52. The van der Waals surface area contributed by atoms with Crippen molar-refractivity contribution < 1.29 is 58.2 Å². The number of benzene rings is 3. The van der Waals surface area contributed by atoms with Gasteiger partial charge in [-0.2, -0.15) is 0 Å². The number of ketones is 2. The van der Waals surface area contributed by atoms with E-state index >= 15 is 0 Å². The van der Waals surface area contributed by atoms with Crippen molar-refractivity contribution in [2.75, 3.05) is 33.4 Å². The number of fused-ring (bicyclic) bond motifs is 1. The first-order valence-electron chi connectivity index (χ1n) is 18.6. The molecule has 5 atom stereocenters. The highest BCUT2D eigenvalue weighted by Gasteiger charge is 2.74. The maximum Gasteiger partial charge on any atom is 0.339 e. The number of piperidine rings is 1. The van der Waals surface area contributed by atoms with Gasteiger partial charge in [-0.25, -0.2) is 4.79 Å². The van der Waals surface area contributed by atoms with Crippen LogP contribution in [0.15, 0.2) is 66.7 Å². The van der Waals surface area contributed by atoms with E-state index < -0.39 is 53.2 Å². The number of carbonyl (C=O) groups is 4. The summed E-state index contributed by atoms with van der Waals surface area (Å²) >= 11 is 0. The van der Waals surface area contributed by atoms with Gasteiger partial charge in [-0.05, 0) is 118 Å². The summed E-state index contributed by atoms with van der Waals surface area (Å²) < 4.78 is 29.7. The van der Waals surface area contributed by atoms with Crippen LogP contribution in [0.3, 0.4) is 0 Å². The second-order valence-electron chi connectivity index (χ2n) is 14.4. The van der Waals surface area contributed by atoms with E-state index in [1.807, 2.05) is 37.3 Å². The molecule has 0 bridgehead atoms. The van der Waals surface area contributed by atoms with Crippen LogP contribution in [0, 0.1) is 6.92 Å². The number of esters is 2. The van der Waals surface area contributed by atoms with Crippen LogP contribution < -0.4 is 9.47 Å². The number of phenols is 1. The Kier molecular flexibility index (Phi) is 11.9. The number of hydrogen-bond acceptors (Lipinski definition) is 13. The molecule has 3 aromatic carbocycles. The maximum absolute atomic E-state index is 13.1. The third kappa shape index (κ3) is 7.61. The average molecular weight is 773 g/mol. The van der Waals surface area contributed by atoms with Crippen LogP contribution in [-0.2, 0) is 39.9 Å². The number of carbonyl (C=O) groups excluding carboxylic acids is 4. The number of Topliss-reactive ketones (excluding diaryl/α,β-unsaturated/α-hetero) is 2. The summed E-state index contributed by atoms with van der Waals surface area (Å²) in [4.78, 5) is 53.5. The molecule has 2 saturated heterocycles. The molecule has 0 spiro atoms. The Hall–Kier alpha value is -5.28. The Morgan fingerprint density at radius 2 is 1.50 bits per heavy atom. The minimum atomic E-state index is -3.17. The quantitative estimate of drug-likeness (QED) is 0.166. The Morgan fingerprint density at radius 3 is 2.11 bits per heavy atom. The predicted octanol–water partition coefficient (Wildman–Crippen LogP) is 4.08. The van der Waals surface area contributed by atoms with E-state index in [1.54, 1.807) is 24.3 Å². The summed E-state index contributed by atoms with van der Waals surface area (Å²) in [5, 5.41) is 34.8. The predicted molar refractivity (Wildman–Crippen MR) is 203 cm³/mol. The van der Waals surface area contributed by atoms with Crippen molar-refractivity contribution in [2.24, 2.45) is 0 Å². The fourth-order valence-electron chi connectivity index (χ4n) is 7.77. The second-order valence-corrected chi connectivity index (χ2v) is 14.4. The summed E-state index contributed by atoms with van der Waals surface area (Å²) in [6, 6.07) is 19.7. The van der Waals surface area contributed by atoms with Gasteiger partial charge < -0.3 is 43.6 Å². The first-order valence-corrected chi connectivity index (χ1v) is 18.6. The van der Waals surface area contributed by atoms with E-state index in [0.29, 0.717) is 13.2 Å². The highest BCUT2D eigenvalue weighted by Crippen LogP contribution is 2.43. The molecular formula is C42H48N2O12. The Labute approximate surface area is 324 Å². The van der Waals surface area contributed by atoms with Gasteiger partial charge in [-0.15, -0.1) is 0 Å². The summed E-state index contributed by atoms with van der Waals surface area (Å²) in [6.07, 6.45) is -2.50. The molecule has 4 aromatic rings. The number of aliphatic hydroxyl groups is 2. The molecule has 14 nitrogen and oxygen atoms in total. The molecule has 0 amide bonds. The molecule has 298 valence electrons. The number of methoxy groups -OCH3 is 1. The smallest absolute Gasteiger partial charge is 0.339 e. The zero-order valence-electron chi connectivity index (χ0n) is 32.2. The van der Waals surface area contributed by atoms with Gasteiger partial charge in [0.2, 0.25) is 17.5 Å². The fraction of sp³-hybridized carbons (Fsp3) is 0.429. The topological polar surface area (TPSA) is 183 Å². The molecule has 56 heavy (non-hydrogen) atoms. The van der Waals surface area contributed by atoms with Crippen molar-refractivity contribution in [3.8, 4) is 28.5 Å². The lowest BCUT2D eigenvalue weighted by atomic mass is 9.69. The minimum absolute atomic E-state index is 0.0349. The van der Waals surface area contributed by atoms with E-state index in [4.69, 9.17) is 23.7 Å². The number of aromatic nitrogens is 1. The standard InChI is InChI=1S/C42H48N2O12/c1-25-34-23-31(48)13-18-35(34)44(24-29-9-14-32(15-10-29)53-22-21-43-19-7-6-8-20-43)36(25)30-11-16-33(17-12-30)55-40-42(51,27(3)46)41(50,26(2)45)38(54-28(4)47)37(56-40)39(49)52-5/h9-18,23,37-38,40,48,50-51H,6-8,19-22,24H2,1-5H3/t37-,38+,40+,41-,42-/m0/s1. The van der Waals surface area contributed by atoms with Crippen LogP contribution in [-0.4, -0.2) is 111 Å². The zero-order chi connectivity index (χ0) is 40.4. The lowest BCUT2D eigenvalue weighted by Crippen LogP contribution is -2.81. The third-order valence-electron chi connectivity index (χ3n) is 10.7. The molecule has 6 rings (SSSR count). The largest absolute Gasteiger partial charge is 0.508 e. The molecular weight excluding hydrogens is 724 g/mol. The Bertz CT molecular complexity index is 2090. The van der Waals surface area contributed by atoms with Crippen molar-refractivity contribution in [1.29, 1.82) is 0 Å². The normalized spacial score (nSPS) is 24.0. The Balaban J connectivity index is 1.29. The van der Waals surface area contributed by atoms with E-state index in [0.717, 1.165) is 86.6 Å². The van der Waals surface area contributed by atoms with Crippen molar-refractivity contribution in [1.82, 2.24) is 9.47 Å². The minimum Gasteiger partial charge on any atom is -0.508 e. The highest BCUT2D eigenvalue weighted by atomic mass is 16.7. The number of likely N-dealkylation sites (tertiary alicyclic amines) is 1. The van der Waals surface area contributed by atoms with Crippen molar-refractivity contribution in [3.63, 3.8) is 0 Å². The van der Waals surface area contributed by atoms with E-state index in [-0.39, 0.29) is 11.5 Å². The molecule has 1 aromatic heterocycles. The molecule has 3 N–H and O–H groups in total. The van der Waals surface area contributed by atoms with Gasteiger partial charge in [0.1, 0.15) is 23.9 Å². The molecule has 0 saturated carbocycles. The van der Waals surface area contributed by atoms with Crippen LogP contribution in [0.25, 0.3) is 22.2 Å². The highest BCUT2D eigenvalue weighted by molar-refractivity contribution is 6.00. The van der Waals surface area contributed by atoms with Crippen molar-refractivity contribution >= 4 is 34.4 Å². The van der Waals surface area contributed by atoms with Gasteiger partial charge in [0, 0.05) is 30.9 Å². The number of aryl methyl sites for hydroxylation is 1. The van der Waals surface area contributed by atoms with Gasteiger partial charge in [-0.1, -0.05) is 18.6 Å². The number of rotatable bonds is 13. The number of aromatic hydroxyl groups is 1. The molecule has 0 unspecified atom stereocenters. The van der Waals surface area contributed by atoms with Crippen LogP contribution >= 0.6 is 0 Å². The van der Waals surface area contributed by atoms with Crippen LogP contribution in [0.2, 0.25) is 0 Å². The molecule has 3 heterocycles. The van der Waals surface area contributed by atoms with Crippen LogP contribution in [0.4, 0.5) is 0 Å². The summed E-state index contributed by atoms with van der Waals surface area (Å²) in [7, 11) is 1.01. The number of hydrogen-bond donors (Lipinski definition) is 3. The fourth-order valence-corrected chi connectivity index (χ4v) is 7.77. The zero-order valence-corrected chi connectivity index (χ0v) is 32.2. The van der Waals surface area contributed by atoms with Crippen LogP contribution in [0.1, 0.15) is 51.2 Å². The molecule has 2 fully saturated rings. The second kappa shape index (κ2) is 16.4. The summed E-state index contributed by atoms with van der Waals surface area (Å²) in [6.45, 7) is 8.91. The first kappa shape index (κ1) is 40.4. The summed E-state index contributed by atoms with van der Waals surface area (Å²) in [5.74, 6) is -3.58.